The third kappa shape index (κ3) is 7.27. The SMILES string of the molecule is CN=C(NCc1csc(CCc2ccccc2)n1)NCC1(C)CCCS1.I. The van der Waals surface area contributed by atoms with Crippen molar-refractivity contribution in [3.05, 3.63) is 52.0 Å². The van der Waals surface area contributed by atoms with Gasteiger partial charge in [0.05, 0.1) is 17.2 Å². The van der Waals surface area contributed by atoms with Crippen molar-refractivity contribution in [1.29, 1.82) is 0 Å². The number of hydrogen-bond donors (Lipinski definition) is 2. The van der Waals surface area contributed by atoms with E-state index in [0.717, 1.165) is 31.0 Å². The Morgan fingerprint density at radius 1 is 1.22 bits per heavy atom. The van der Waals surface area contributed by atoms with E-state index in [4.69, 9.17) is 4.98 Å². The Bertz CT molecular complexity index is 712. The van der Waals surface area contributed by atoms with Gasteiger partial charge in [-0.25, -0.2) is 4.98 Å². The molecule has 1 unspecified atom stereocenters. The molecule has 0 spiro atoms. The van der Waals surface area contributed by atoms with Gasteiger partial charge in [-0.3, -0.25) is 4.99 Å². The Morgan fingerprint density at radius 3 is 2.74 bits per heavy atom. The Kier molecular flexibility index (Phi) is 9.38. The monoisotopic (exact) mass is 516 g/mol. The lowest BCUT2D eigenvalue weighted by molar-refractivity contribution is 0.584. The van der Waals surface area contributed by atoms with Gasteiger partial charge in [0.25, 0.3) is 0 Å². The highest BCUT2D eigenvalue weighted by molar-refractivity contribution is 14.0. The van der Waals surface area contributed by atoms with E-state index in [2.05, 4.69) is 70.0 Å². The summed E-state index contributed by atoms with van der Waals surface area (Å²) in [6.45, 7) is 4.01. The molecule has 27 heavy (non-hydrogen) atoms. The van der Waals surface area contributed by atoms with Crippen LogP contribution in [0.2, 0.25) is 0 Å². The summed E-state index contributed by atoms with van der Waals surface area (Å²) < 4.78 is 0.336. The van der Waals surface area contributed by atoms with Gasteiger partial charge in [0.15, 0.2) is 5.96 Å². The number of thiazole rings is 1. The maximum Gasteiger partial charge on any atom is 0.191 e. The molecule has 2 aromatic rings. The molecule has 0 bridgehead atoms. The lowest BCUT2D eigenvalue weighted by Gasteiger charge is -2.24. The normalized spacial score (nSPS) is 19.6. The van der Waals surface area contributed by atoms with E-state index < -0.39 is 0 Å². The van der Waals surface area contributed by atoms with Gasteiger partial charge in [-0.05, 0) is 37.5 Å². The largest absolute Gasteiger partial charge is 0.355 e. The number of benzene rings is 1. The molecule has 3 rings (SSSR count). The maximum absolute atomic E-state index is 4.75. The van der Waals surface area contributed by atoms with Crippen LogP contribution in [0.5, 0.6) is 0 Å². The van der Waals surface area contributed by atoms with Crippen LogP contribution in [-0.4, -0.2) is 35.0 Å². The van der Waals surface area contributed by atoms with Gasteiger partial charge in [0, 0.05) is 30.1 Å². The van der Waals surface area contributed by atoms with E-state index in [0.29, 0.717) is 11.3 Å². The first kappa shape index (κ1) is 22.5. The molecule has 1 aliphatic heterocycles. The number of thioether (sulfide) groups is 1. The van der Waals surface area contributed by atoms with Crippen LogP contribution in [0.3, 0.4) is 0 Å². The van der Waals surface area contributed by atoms with Crippen molar-refractivity contribution >= 4 is 53.0 Å². The van der Waals surface area contributed by atoms with Gasteiger partial charge in [0.1, 0.15) is 0 Å². The van der Waals surface area contributed by atoms with Crippen molar-refractivity contribution in [3.63, 3.8) is 0 Å². The Morgan fingerprint density at radius 2 is 2.04 bits per heavy atom. The van der Waals surface area contributed by atoms with Crippen LogP contribution in [0, 0.1) is 0 Å². The van der Waals surface area contributed by atoms with E-state index >= 15 is 0 Å². The summed E-state index contributed by atoms with van der Waals surface area (Å²) in [5.74, 6) is 2.13. The smallest absolute Gasteiger partial charge is 0.191 e. The first-order valence-corrected chi connectivity index (χ1v) is 11.1. The average molecular weight is 517 g/mol. The van der Waals surface area contributed by atoms with E-state index in [9.17, 15) is 0 Å². The number of aliphatic imine (C=N–C) groups is 1. The number of aryl methyl sites for hydroxylation is 2. The molecule has 148 valence electrons. The second-order valence-corrected chi connectivity index (χ2v) is 9.52. The van der Waals surface area contributed by atoms with E-state index in [-0.39, 0.29) is 24.0 Å². The number of nitrogens with zero attached hydrogens (tertiary/aromatic N) is 2. The van der Waals surface area contributed by atoms with Crippen LogP contribution in [0.1, 0.15) is 36.0 Å². The standard InChI is InChI=1S/C20H28N4S2.HI/c1-20(11-6-12-26-20)15-23-19(21-2)22-13-17-14-25-18(24-17)10-9-16-7-4-3-5-8-16;/h3-5,7-8,14H,6,9-13,15H2,1-2H3,(H2,21,22,23);1H. The van der Waals surface area contributed by atoms with Crippen molar-refractivity contribution in [2.24, 2.45) is 4.99 Å². The van der Waals surface area contributed by atoms with E-state index in [1.807, 2.05) is 7.05 Å². The summed E-state index contributed by atoms with van der Waals surface area (Å²) in [4.78, 5) is 9.09. The molecule has 7 heteroatoms. The third-order valence-electron chi connectivity index (χ3n) is 4.66. The molecule has 1 fully saturated rings. The highest BCUT2D eigenvalue weighted by atomic mass is 127. The molecule has 1 atom stereocenters. The number of aromatic nitrogens is 1. The van der Waals surface area contributed by atoms with E-state index in [1.54, 1.807) is 11.3 Å². The molecule has 1 aromatic carbocycles. The summed E-state index contributed by atoms with van der Waals surface area (Å²) >= 11 is 3.81. The number of guanidine groups is 1. The minimum Gasteiger partial charge on any atom is -0.355 e. The molecule has 0 amide bonds. The van der Waals surface area contributed by atoms with Crippen LogP contribution in [0.25, 0.3) is 0 Å². The van der Waals surface area contributed by atoms with Crippen molar-refractivity contribution in [2.75, 3.05) is 19.3 Å². The van der Waals surface area contributed by atoms with Gasteiger partial charge in [-0.1, -0.05) is 30.3 Å². The minimum atomic E-state index is 0. The Balaban J connectivity index is 0.00000261. The predicted molar refractivity (Wildman–Crippen MR) is 130 cm³/mol. The van der Waals surface area contributed by atoms with Crippen LogP contribution >= 0.6 is 47.1 Å². The molecule has 0 saturated carbocycles. The van der Waals surface area contributed by atoms with Gasteiger partial charge < -0.3 is 10.6 Å². The van der Waals surface area contributed by atoms with Crippen molar-refractivity contribution in [2.45, 2.75) is 43.9 Å². The van der Waals surface area contributed by atoms with Crippen LogP contribution in [0.15, 0.2) is 40.7 Å². The lowest BCUT2D eigenvalue weighted by Crippen LogP contribution is -2.43. The van der Waals surface area contributed by atoms with Crippen molar-refractivity contribution in [1.82, 2.24) is 15.6 Å². The first-order chi connectivity index (χ1) is 12.7. The fraction of sp³-hybridized carbons (Fsp3) is 0.500. The van der Waals surface area contributed by atoms with Crippen molar-refractivity contribution < 1.29 is 0 Å². The summed E-state index contributed by atoms with van der Waals surface area (Å²) in [5.41, 5.74) is 2.45. The molecule has 0 radical (unpaired) electrons. The first-order valence-electron chi connectivity index (χ1n) is 9.22. The molecule has 1 aliphatic rings. The lowest BCUT2D eigenvalue weighted by atomic mass is 10.1. The Hall–Kier alpha value is -0.800. The number of rotatable bonds is 7. The fourth-order valence-corrected chi connectivity index (χ4v) is 5.13. The third-order valence-corrected chi connectivity index (χ3v) is 7.16. The minimum absolute atomic E-state index is 0. The quantitative estimate of drug-likeness (QED) is 0.324. The zero-order chi connectivity index (χ0) is 18.2. The summed E-state index contributed by atoms with van der Waals surface area (Å²) in [5, 5.41) is 10.2. The molecule has 2 heterocycles. The van der Waals surface area contributed by atoms with Crippen LogP contribution in [-0.2, 0) is 19.4 Å². The molecular weight excluding hydrogens is 487 g/mol. The highest BCUT2D eigenvalue weighted by Crippen LogP contribution is 2.36. The topological polar surface area (TPSA) is 49.3 Å². The summed E-state index contributed by atoms with van der Waals surface area (Å²) in [6, 6.07) is 10.6. The number of nitrogens with one attached hydrogen (secondary N) is 2. The average Bonchev–Trinajstić information content (AvgIpc) is 3.30. The van der Waals surface area contributed by atoms with Gasteiger partial charge in [0.2, 0.25) is 0 Å². The second kappa shape index (κ2) is 11.3. The highest BCUT2D eigenvalue weighted by Gasteiger charge is 2.29. The molecule has 1 aromatic heterocycles. The molecule has 0 aliphatic carbocycles. The molecular formula is C20H29IN4S2. The van der Waals surface area contributed by atoms with Crippen LogP contribution < -0.4 is 10.6 Å². The Labute approximate surface area is 188 Å². The summed E-state index contributed by atoms with van der Waals surface area (Å²) in [7, 11) is 1.83. The molecule has 1 saturated heterocycles. The fourth-order valence-electron chi connectivity index (χ4n) is 3.08. The van der Waals surface area contributed by atoms with Gasteiger partial charge in [-0.2, -0.15) is 11.8 Å². The molecule has 4 nitrogen and oxygen atoms in total. The zero-order valence-electron chi connectivity index (χ0n) is 16.0. The second-order valence-electron chi connectivity index (χ2n) is 6.90. The predicted octanol–water partition coefficient (Wildman–Crippen LogP) is 4.50. The van der Waals surface area contributed by atoms with Gasteiger partial charge in [-0.15, -0.1) is 35.3 Å². The number of halogens is 1. The molecule has 2 N–H and O–H groups in total. The van der Waals surface area contributed by atoms with E-state index in [1.165, 1.54) is 29.2 Å². The maximum atomic E-state index is 4.75. The summed E-state index contributed by atoms with van der Waals surface area (Å²) in [6.07, 6.45) is 4.63. The number of hydrogen-bond acceptors (Lipinski definition) is 4. The van der Waals surface area contributed by atoms with Crippen molar-refractivity contribution in [3.8, 4) is 0 Å². The zero-order valence-corrected chi connectivity index (χ0v) is 20.0. The van der Waals surface area contributed by atoms with Gasteiger partial charge >= 0.3 is 0 Å². The van der Waals surface area contributed by atoms with Crippen LogP contribution in [0.4, 0.5) is 0 Å².